The lowest BCUT2D eigenvalue weighted by Gasteiger charge is -2.05. The first kappa shape index (κ1) is 12.9. The predicted molar refractivity (Wildman–Crippen MR) is 70.1 cm³/mol. The predicted octanol–water partition coefficient (Wildman–Crippen LogP) is 2.22. The number of aromatic nitrogens is 3. The van der Waals surface area contributed by atoms with E-state index in [2.05, 4.69) is 36.4 Å². The number of halogens is 2. The number of rotatable bonds is 3. The van der Waals surface area contributed by atoms with Gasteiger partial charge in [-0.15, -0.1) is 0 Å². The summed E-state index contributed by atoms with van der Waals surface area (Å²) in [6, 6.07) is 5.14. The Morgan fingerprint density at radius 2 is 2.33 bits per heavy atom. The lowest BCUT2D eigenvalue weighted by molar-refractivity contribution is 0.0950. The topological polar surface area (TPSA) is 67.8 Å². The number of amides is 1. The third-order valence-electron chi connectivity index (χ3n) is 2.11. The normalized spacial score (nSPS) is 10.1. The molecule has 92 valence electrons. The highest BCUT2D eigenvalue weighted by Crippen LogP contribution is 2.17. The van der Waals surface area contributed by atoms with E-state index in [0.29, 0.717) is 15.7 Å². The Balaban J connectivity index is 2.06. The van der Waals surface area contributed by atoms with Gasteiger partial charge in [0, 0.05) is 16.9 Å². The van der Waals surface area contributed by atoms with Crippen LogP contribution in [0.2, 0.25) is 5.15 Å². The quantitative estimate of drug-likeness (QED) is 0.878. The minimum atomic E-state index is -0.306. The van der Waals surface area contributed by atoms with Crippen molar-refractivity contribution in [3.63, 3.8) is 0 Å². The van der Waals surface area contributed by atoms with E-state index in [1.807, 2.05) is 0 Å². The van der Waals surface area contributed by atoms with Crippen LogP contribution < -0.4 is 5.32 Å². The fourth-order valence-electron chi connectivity index (χ4n) is 1.28. The minimum Gasteiger partial charge on any atom is -0.346 e. The third-order valence-corrected chi connectivity index (χ3v) is 2.84. The van der Waals surface area contributed by atoms with Gasteiger partial charge in [0.2, 0.25) is 0 Å². The molecular formula is C11H8BrClN4O. The van der Waals surface area contributed by atoms with Crippen molar-refractivity contribution in [2.24, 2.45) is 0 Å². The maximum atomic E-state index is 11.9. The molecule has 0 aliphatic rings. The van der Waals surface area contributed by atoms with Crippen LogP contribution in [0.4, 0.5) is 0 Å². The Morgan fingerprint density at radius 1 is 1.50 bits per heavy atom. The van der Waals surface area contributed by atoms with Crippen molar-refractivity contribution in [2.75, 3.05) is 0 Å². The SMILES string of the molecule is O=C(NCc1cccnn1)c1cc(Br)cnc1Cl. The van der Waals surface area contributed by atoms with Gasteiger partial charge >= 0.3 is 0 Å². The number of nitrogens with one attached hydrogen (secondary N) is 1. The van der Waals surface area contributed by atoms with Gasteiger partial charge in [0.05, 0.1) is 17.8 Å². The molecule has 5 nitrogen and oxygen atoms in total. The molecule has 2 aromatic heterocycles. The fourth-order valence-corrected chi connectivity index (χ4v) is 1.80. The maximum Gasteiger partial charge on any atom is 0.254 e. The number of pyridine rings is 1. The summed E-state index contributed by atoms with van der Waals surface area (Å²) >= 11 is 9.09. The first-order valence-corrected chi connectivity index (χ1v) is 6.20. The van der Waals surface area contributed by atoms with Crippen molar-refractivity contribution in [3.8, 4) is 0 Å². The molecule has 2 heterocycles. The summed E-state index contributed by atoms with van der Waals surface area (Å²) in [6.07, 6.45) is 3.10. The molecule has 0 saturated carbocycles. The second kappa shape index (κ2) is 5.88. The smallest absolute Gasteiger partial charge is 0.254 e. The molecule has 2 aromatic rings. The summed E-state index contributed by atoms with van der Waals surface area (Å²) < 4.78 is 0.691. The van der Waals surface area contributed by atoms with Crippen molar-refractivity contribution >= 4 is 33.4 Å². The molecule has 2 rings (SSSR count). The molecular weight excluding hydrogens is 320 g/mol. The highest BCUT2D eigenvalue weighted by molar-refractivity contribution is 9.10. The van der Waals surface area contributed by atoms with Crippen molar-refractivity contribution in [1.82, 2.24) is 20.5 Å². The van der Waals surface area contributed by atoms with E-state index in [1.54, 1.807) is 24.4 Å². The van der Waals surface area contributed by atoms with Gasteiger partial charge in [-0.25, -0.2) is 4.98 Å². The summed E-state index contributed by atoms with van der Waals surface area (Å²) in [6.45, 7) is 0.287. The Labute approximate surface area is 117 Å². The second-order valence-corrected chi connectivity index (χ2v) is 4.66. The van der Waals surface area contributed by atoms with Crippen LogP contribution >= 0.6 is 27.5 Å². The van der Waals surface area contributed by atoms with Crippen LogP contribution in [0.3, 0.4) is 0 Å². The van der Waals surface area contributed by atoms with Gasteiger partial charge in [-0.1, -0.05) is 11.6 Å². The molecule has 0 unspecified atom stereocenters. The van der Waals surface area contributed by atoms with Crippen molar-refractivity contribution < 1.29 is 4.79 Å². The van der Waals surface area contributed by atoms with E-state index in [1.165, 1.54) is 6.20 Å². The molecule has 0 radical (unpaired) electrons. The molecule has 0 fully saturated rings. The molecule has 0 saturated heterocycles. The van der Waals surface area contributed by atoms with Crippen LogP contribution in [0, 0.1) is 0 Å². The molecule has 0 aromatic carbocycles. The van der Waals surface area contributed by atoms with Crippen LogP contribution in [0.15, 0.2) is 35.1 Å². The Kier molecular flexibility index (Phi) is 4.22. The molecule has 0 aliphatic carbocycles. The van der Waals surface area contributed by atoms with E-state index < -0.39 is 0 Å². The number of nitrogens with zero attached hydrogens (tertiary/aromatic N) is 3. The standard InChI is InChI=1S/C11H8BrClN4O/c12-7-4-9(10(13)14-5-7)11(18)15-6-8-2-1-3-16-17-8/h1-5H,6H2,(H,15,18). The molecule has 18 heavy (non-hydrogen) atoms. The lowest BCUT2D eigenvalue weighted by Crippen LogP contribution is -2.24. The number of hydrogen-bond donors (Lipinski definition) is 1. The molecule has 1 amide bonds. The molecule has 0 spiro atoms. The summed E-state index contributed by atoms with van der Waals surface area (Å²) in [5.74, 6) is -0.306. The van der Waals surface area contributed by atoms with E-state index in [0.717, 1.165) is 0 Å². The van der Waals surface area contributed by atoms with Crippen LogP contribution in [0.25, 0.3) is 0 Å². The van der Waals surface area contributed by atoms with E-state index in [-0.39, 0.29) is 17.6 Å². The van der Waals surface area contributed by atoms with E-state index >= 15 is 0 Å². The van der Waals surface area contributed by atoms with Gasteiger partial charge in [0.25, 0.3) is 5.91 Å². The lowest BCUT2D eigenvalue weighted by atomic mass is 10.2. The van der Waals surface area contributed by atoms with Crippen LogP contribution in [-0.4, -0.2) is 21.1 Å². The summed E-state index contributed by atoms with van der Waals surface area (Å²) in [7, 11) is 0. The molecule has 0 atom stereocenters. The third kappa shape index (κ3) is 3.24. The molecule has 0 bridgehead atoms. The van der Waals surface area contributed by atoms with Crippen molar-refractivity contribution in [2.45, 2.75) is 6.54 Å². The van der Waals surface area contributed by atoms with Crippen LogP contribution in [0.1, 0.15) is 16.1 Å². The molecule has 0 aliphatic heterocycles. The maximum absolute atomic E-state index is 11.9. The van der Waals surface area contributed by atoms with Gasteiger partial charge in [-0.3, -0.25) is 4.79 Å². The average molecular weight is 328 g/mol. The zero-order valence-electron chi connectivity index (χ0n) is 9.10. The highest BCUT2D eigenvalue weighted by atomic mass is 79.9. The van der Waals surface area contributed by atoms with Gasteiger partial charge in [0.1, 0.15) is 5.15 Å². The van der Waals surface area contributed by atoms with Crippen molar-refractivity contribution in [3.05, 3.63) is 51.5 Å². The van der Waals surface area contributed by atoms with Gasteiger partial charge in [-0.05, 0) is 34.1 Å². The first-order valence-electron chi connectivity index (χ1n) is 5.02. The number of carbonyl (C=O) groups excluding carboxylic acids is 1. The molecule has 1 N–H and O–H groups in total. The zero-order chi connectivity index (χ0) is 13.0. The summed E-state index contributed by atoms with van der Waals surface area (Å²) in [5, 5.41) is 10.4. The number of carbonyl (C=O) groups is 1. The Hall–Kier alpha value is -1.53. The van der Waals surface area contributed by atoms with Gasteiger partial charge < -0.3 is 5.32 Å². The van der Waals surface area contributed by atoms with Crippen LogP contribution in [-0.2, 0) is 6.54 Å². The van der Waals surface area contributed by atoms with Crippen LogP contribution in [0.5, 0.6) is 0 Å². The second-order valence-electron chi connectivity index (χ2n) is 3.39. The van der Waals surface area contributed by atoms with Gasteiger partial charge in [-0.2, -0.15) is 10.2 Å². The Bertz CT molecular complexity index is 564. The Morgan fingerprint density at radius 3 is 3.06 bits per heavy atom. The summed E-state index contributed by atoms with van der Waals surface area (Å²) in [5.41, 5.74) is 0.986. The highest BCUT2D eigenvalue weighted by Gasteiger charge is 2.11. The summed E-state index contributed by atoms with van der Waals surface area (Å²) in [4.78, 5) is 15.8. The van der Waals surface area contributed by atoms with E-state index in [9.17, 15) is 4.79 Å². The first-order chi connectivity index (χ1) is 8.66. The average Bonchev–Trinajstić information content (AvgIpc) is 2.40. The fraction of sp³-hybridized carbons (Fsp3) is 0.0909. The monoisotopic (exact) mass is 326 g/mol. The largest absolute Gasteiger partial charge is 0.346 e. The zero-order valence-corrected chi connectivity index (χ0v) is 11.4. The van der Waals surface area contributed by atoms with E-state index in [4.69, 9.17) is 11.6 Å². The molecule has 7 heteroatoms. The minimum absolute atomic E-state index is 0.162. The van der Waals surface area contributed by atoms with Gasteiger partial charge in [0.15, 0.2) is 0 Å². The number of hydrogen-bond acceptors (Lipinski definition) is 4. The van der Waals surface area contributed by atoms with Crippen molar-refractivity contribution in [1.29, 1.82) is 0 Å².